The molecule has 2 amide bonds. The minimum atomic E-state index is -0.251. The molecule has 0 radical (unpaired) electrons. The molecule has 0 N–H and O–H groups in total. The van der Waals surface area contributed by atoms with Crippen molar-refractivity contribution >= 4 is 23.2 Å². The first-order chi connectivity index (χ1) is 12.5. The number of aromatic nitrogens is 1. The van der Waals surface area contributed by atoms with E-state index in [0.717, 1.165) is 22.0 Å². The maximum Gasteiger partial charge on any atom is 0.266 e. The van der Waals surface area contributed by atoms with E-state index in [1.165, 1.54) is 11.3 Å². The Kier molecular flexibility index (Phi) is 4.75. The summed E-state index contributed by atoms with van der Waals surface area (Å²) in [5, 5.41) is 0.917. The SMILES string of the molecule is Cc1nc(C)c(C(=O)N2CC3(CC(CC(=O)N4CCOCC4)CO3)C2)s1. The van der Waals surface area contributed by atoms with Gasteiger partial charge >= 0.3 is 0 Å². The van der Waals surface area contributed by atoms with Gasteiger partial charge in [0.2, 0.25) is 5.91 Å². The van der Waals surface area contributed by atoms with Crippen molar-refractivity contribution in [3.8, 4) is 0 Å². The minimum Gasteiger partial charge on any atom is -0.378 e. The van der Waals surface area contributed by atoms with Crippen LogP contribution in [0.25, 0.3) is 0 Å². The van der Waals surface area contributed by atoms with E-state index < -0.39 is 0 Å². The van der Waals surface area contributed by atoms with Crippen LogP contribution in [0.5, 0.6) is 0 Å². The number of hydrogen-bond donors (Lipinski definition) is 0. The van der Waals surface area contributed by atoms with Gasteiger partial charge in [0.15, 0.2) is 0 Å². The largest absolute Gasteiger partial charge is 0.378 e. The Labute approximate surface area is 157 Å². The smallest absolute Gasteiger partial charge is 0.266 e. The Hall–Kier alpha value is -1.51. The van der Waals surface area contributed by atoms with Gasteiger partial charge < -0.3 is 19.3 Å². The molecule has 1 unspecified atom stereocenters. The molecule has 26 heavy (non-hydrogen) atoms. The third kappa shape index (κ3) is 3.37. The molecule has 0 aliphatic carbocycles. The van der Waals surface area contributed by atoms with E-state index >= 15 is 0 Å². The molecule has 3 saturated heterocycles. The molecule has 1 aromatic rings. The van der Waals surface area contributed by atoms with Gasteiger partial charge in [-0.25, -0.2) is 4.98 Å². The molecular weight excluding hydrogens is 354 g/mol. The average molecular weight is 379 g/mol. The molecule has 3 aliphatic rings. The molecule has 4 rings (SSSR count). The maximum absolute atomic E-state index is 12.6. The highest BCUT2D eigenvalue weighted by Gasteiger charge is 2.52. The van der Waals surface area contributed by atoms with E-state index in [1.807, 2.05) is 23.6 Å². The number of hydrogen-bond acceptors (Lipinski definition) is 6. The lowest BCUT2D eigenvalue weighted by molar-refractivity contribution is -0.136. The van der Waals surface area contributed by atoms with E-state index in [9.17, 15) is 9.59 Å². The number of ether oxygens (including phenoxy) is 2. The summed E-state index contributed by atoms with van der Waals surface area (Å²) in [5.41, 5.74) is 0.555. The van der Waals surface area contributed by atoms with E-state index in [4.69, 9.17) is 9.47 Å². The number of amides is 2. The molecule has 1 atom stereocenters. The summed E-state index contributed by atoms with van der Waals surface area (Å²) >= 11 is 1.45. The Morgan fingerprint density at radius 1 is 1.23 bits per heavy atom. The highest BCUT2D eigenvalue weighted by Crippen LogP contribution is 2.40. The fourth-order valence-corrected chi connectivity index (χ4v) is 5.03. The first-order valence-corrected chi connectivity index (χ1v) is 10.0. The van der Waals surface area contributed by atoms with Crippen molar-refractivity contribution in [1.29, 1.82) is 0 Å². The van der Waals surface area contributed by atoms with Crippen molar-refractivity contribution in [3.05, 3.63) is 15.6 Å². The second-order valence-corrected chi connectivity index (χ2v) is 8.77. The zero-order valence-electron chi connectivity index (χ0n) is 15.3. The Morgan fingerprint density at radius 3 is 2.62 bits per heavy atom. The van der Waals surface area contributed by atoms with E-state index in [0.29, 0.717) is 52.4 Å². The van der Waals surface area contributed by atoms with Crippen LogP contribution < -0.4 is 0 Å². The summed E-state index contributed by atoms with van der Waals surface area (Å²) in [5.74, 6) is 0.493. The van der Waals surface area contributed by atoms with Crippen LogP contribution in [0, 0.1) is 19.8 Å². The zero-order chi connectivity index (χ0) is 18.3. The van der Waals surface area contributed by atoms with Gasteiger partial charge in [-0.2, -0.15) is 0 Å². The van der Waals surface area contributed by atoms with E-state index in [-0.39, 0.29) is 23.3 Å². The summed E-state index contributed by atoms with van der Waals surface area (Å²) in [6.45, 7) is 8.27. The van der Waals surface area contributed by atoms with Crippen molar-refractivity contribution in [2.75, 3.05) is 46.0 Å². The molecular formula is C18H25N3O4S. The van der Waals surface area contributed by atoms with Crippen LogP contribution in [0.4, 0.5) is 0 Å². The minimum absolute atomic E-state index is 0.0511. The van der Waals surface area contributed by atoms with Crippen molar-refractivity contribution in [1.82, 2.24) is 14.8 Å². The first-order valence-electron chi connectivity index (χ1n) is 9.18. The summed E-state index contributed by atoms with van der Waals surface area (Å²) in [6.07, 6.45) is 1.39. The van der Waals surface area contributed by atoms with E-state index in [2.05, 4.69) is 4.98 Å². The van der Waals surface area contributed by atoms with Gasteiger partial charge in [0.25, 0.3) is 5.91 Å². The molecule has 8 heteroatoms. The normalized spacial score (nSPS) is 24.8. The van der Waals surface area contributed by atoms with Crippen LogP contribution in [0.1, 0.15) is 33.2 Å². The van der Waals surface area contributed by atoms with Crippen molar-refractivity contribution in [3.63, 3.8) is 0 Å². The molecule has 7 nitrogen and oxygen atoms in total. The number of morpholine rings is 1. The third-order valence-corrected chi connectivity index (χ3v) is 6.52. The van der Waals surface area contributed by atoms with Gasteiger partial charge in [-0.3, -0.25) is 9.59 Å². The molecule has 4 heterocycles. The zero-order valence-corrected chi connectivity index (χ0v) is 16.1. The number of nitrogens with zero attached hydrogens (tertiary/aromatic N) is 3. The monoisotopic (exact) mass is 379 g/mol. The average Bonchev–Trinajstić information content (AvgIpc) is 3.17. The van der Waals surface area contributed by atoms with Crippen LogP contribution in [0.3, 0.4) is 0 Å². The Balaban J connectivity index is 1.29. The number of likely N-dealkylation sites (tertiary alicyclic amines) is 1. The van der Waals surface area contributed by atoms with Crippen LogP contribution in [0.2, 0.25) is 0 Å². The van der Waals surface area contributed by atoms with Crippen molar-refractivity contribution in [2.24, 2.45) is 5.92 Å². The number of thiazole rings is 1. The van der Waals surface area contributed by atoms with Gasteiger partial charge in [0.05, 0.1) is 43.6 Å². The molecule has 3 aliphatic heterocycles. The Morgan fingerprint density at radius 2 is 1.96 bits per heavy atom. The van der Waals surface area contributed by atoms with Crippen LogP contribution in [0.15, 0.2) is 0 Å². The lowest BCUT2D eigenvalue weighted by Crippen LogP contribution is -2.63. The first kappa shape index (κ1) is 17.9. The van der Waals surface area contributed by atoms with Gasteiger partial charge in [-0.15, -0.1) is 11.3 Å². The highest BCUT2D eigenvalue weighted by molar-refractivity contribution is 7.13. The molecule has 1 spiro atoms. The second kappa shape index (κ2) is 6.90. The predicted molar refractivity (Wildman–Crippen MR) is 96.3 cm³/mol. The summed E-state index contributed by atoms with van der Waals surface area (Å²) in [4.78, 5) is 33.8. The molecule has 3 fully saturated rings. The standard InChI is InChI=1S/C18H25N3O4S/c1-12-16(26-13(2)19-12)17(23)21-10-18(11-21)8-14(9-25-18)7-15(22)20-3-5-24-6-4-20/h14H,3-11H2,1-2H3. The van der Waals surface area contributed by atoms with Crippen LogP contribution in [-0.4, -0.2) is 78.2 Å². The highest BCUT2D eigenvalue weighted by atomic mass is 32.1. The number of carbonyl (C=O) groups excluding carboxylic acids is 2. The third-order valence-electron chi connectivity index (χ3n) is 5.46. The lowest BCUT2D eigenvalue weighted by atomic mass is 9.85. The number of carbonyl (C=O) groups is 2. The van der Waals surface area contributed by atoms with Crippen LogP contribution in [-0.2, 0) is 14.3 Å². The molecule has 0 bridgehead atoms. The van der Waals surface area contributed by atoms with Crippen molar-refractivity contribution in [2.45, 2.75) is 32.3 Å². The quantitative estimate of drug-likeness (QED) is 0.790. The molecule has 1 aromatic heterocycles. The van der Waals surface area contributed by atoms with Crippen LogP contribution >= 0.6 is 11.3 Å². The number of rotatable bonds is 3. The van der Waals surface area contributed by atoms with Gasteiger partial charge in [-0.05, 0) is 26.2 Å². The summed E-state index contributed by atoms with van der Waals surface area (Å²) in [6, 6.07) is 0. The number of aryl methyl sites for hydroxylation is 2. The molecule has 0 saturated carbocycles. The fraction of sp³-hybridized carbons (Fsp3) is 0.722. The molecule has 142 valence electrons. The summed E-state index contributed by atoms with van der Waals surface area (Å²) < 4.78 is 11.3. The van der Waals surface area contributed by atoms with E-state index in [1.54, 1.807) is 0 Å². The second-order valence-electron chi connectivity index (χ2n) is 7.57. The van der Waals surface area contributed by atoms with Gasteiger partial charge in [-0.1, -0.05) is 0 Å². The lowest BCUT2D eigenvalue weighted by Gasteiger charge is -2.47. The van der Waals surface area contributed by atoms with Gasteiger partial charge in [0, 0.05) is 19.5 Å². The molecule has 0 aromatic carbocycles. The van der Waals surface area contributed by atoms with Crippen molar-refractivity contribution < 1.29 is 19.1 Å². The Bertz CT molecular complexity index is 707. The fourth-order valence-electron chi connectivity index (χ4n) is 4.15. The summed E-state index contributed by atoms with van der Waals surface area (Å²) in [7, 11) is 0. The van der Waals surface area contributed by atoms with Gasteiger partial charge in [0.1, 0.15) is 10.5 Å². The topological polar surface area (TPSA) is 72.0 Å². The predicted octanol–water partition coefficient (Wildman–Crippen LogP) is 1.24. The maximum atomic E-state index is 12.6.